The molecule has 2 aromatic heterocycles. The summed E-state index contributed by atoms with van der Waals surface area (Å²) in [5, 5.41) is 4.71. The number of hydrogen-bond acceptors (Lipinski definition) is 8. The van der Waals surface area contributed by atoms with Crippen LogP contribution in [0.4, 0.5) is 4.79 Å². The first-order valence-corrected chi connectivity index (χ1v) is 13.7. The molecule has 3 unspecified atom stereocenters. The predicted molar refractivity (Wildman–Crippen MR) is 139 cm³/mol. The lowest BCUT2D eigenvalue weighted by Gasteiger charge is -2.38. The lowest BCUT2D eigenvalue weighted by Crippen LogP contribution is -2.58. The third-order valence-electron chi connectivity index (χ3n) is 8.53. The second-order valence-corrected chi connectivity index (χ2v) is 12.5. The van der Waals surface area contributed by atoms with E-state index in [2.05, 4.69) is 6.92 Å². The molecule has 0 aromatic carbocycles. The van der Waals surface area contributed by atoms with E-state index in [1.165, 1.54) is 20.0 Å². The van der Waals surface area contributed by atoms with Crippen LogP contribution in [0.2, 0.25) is 0 Å². The predicted octanol–water partition coefficient (Wildman–Crippen LogP) is 3.67. The SMILES string of the molecule is COC(=O)C1(Cc2ccc3nc([C@@H](N)[C@H]4CC[C@H](C)CC4)cn3n2)C(=O)N(C(=O)OC(C)(C)C)CC2CC21. The van der Waals surface area contributed by atoms with Gasteiger partial charge in [-0.15, -0.1) is 0 Å². The molecule has 1 saturated heterocycles. The van der Waals surface area contributed by atoms with Crippen molar-refractivity contribution in [1.29, 1.82) is 0 Å². The van der Waals surface area contributed by atoms with Gasteiger partial charge in [-0.1, -0.05) is 19.8 Å². The number of hydrogen-bond donors (Lipinski definition) is 1. The van der Waals surface area contributed by atoms with Crippen LogP contribution in [-0.2, 0) is 25.5 Å². The van der Waals surface area contributed by atoms with Crippen molar-refractivity contribution in [1.82, 2.24) is 19.5 Å². The largest absolute Gasteiger partial charge is 0.468 e. The van der Waals surface area contributed by atoms with Gasteiger partial charge in [0.05, 0.1) is 30.7 Å². The molecule has 10 nitrogen and oxygen atoms in total. The molecule has 10 heteroatoms. The molecule has 2 amide bonds. The highest BCUT2D eigenvalue weighted by molar-refractivity contribution is 6.09. The van der Waals surface area contributed by atoms with Gasteiger partial charge in [0.2, 0.25) is 5.91 Å². The summed E-state index contributed by atoms with van der Waals surface area (Å²) < 4.78 is 12.3. The van der Waals surface area contributed by atoms with Gasteiger partial charge in [-0.2, -0.15) is 5.10 Å². The first kappa shape index (κ1) is 26.6. The van der Waals surface area contributed by atoms with Gasteiger partial charge in [-0.25, -0.2) is 19.2 Å². The average Bonchev–Trinajstić information content (AvgIpc) is 3.53. The number of nitrogens with zero attached hydrogens (tertiary/aromatic N) is 4. The highest BCUT2D eigenvalue weighted by Gasteiger charge is 2.68. The summed E-state index contributed by atoms with van der Waals surface area (Å²) in [6, 6.07) is 3.45. The fourth-order valence-electron chi connectivity index (χ4n) is 6.31. The van der Waals surface area contributed by atoms with Gasteiger partial charge in [0, 0.05) is 13.0 Å². The van der Waals surface area contributed by atoms with Crippen LogP contribution in [0.3, 0.4) is 0 Å². The lowest BCUT2D eigenvalue weighted by atomic mass is 9.74. The van der Waals surface area contributed by atoms with Gasteiger partial charge in [-0.05, 0) is 75.8 Å². The van der Waals surface area contributed by atoms with Crippen LogP contribution in [0.15, 0.2) is 18.3 Å². The monoisotopic (exact) mass is 525 g/mol. The number of fused-ring (bicyclic) bond motifs is 2. The number of ether oxygens (including phenoxy) is 2. The number of carbonyl (C=O) groups excluding carboxylic acids is 3. The number of imidazole rings is 1. The fourth-order valence-corrected chi connectivity index (χ4v) is 6.31. The molecule has 206 valence electrons. The number of nitrogens with two attached hydrogens (primary N) is 1. The molecule has 3 fully saturated rings. The van der Waals surface area contributed by atoms with E-state index in [1.54, 1.807) is 31.4 Å². The van der Waals surface area contributed by atoms with E-state index in [1.807, 2.05) is 12.3 Å². The molecule has 4 atom stereocenters. The molecular formula is C28H39N5O5. The van der Waals surface area contributed by atoms with Gasteiger partial charge >= 0.3 is 12.1 Å². The highest BCUT2D eigenvalue weighted by Crippen LogP contribution is 2.57. The number of rotatable bonds is 5. The second-order valence-electron chi connectivity index (χ2n) is 12.5. The fraction of sp³-hybridized carbons (Fsp3) is 0.679. The van der Waals surface area contributed by atoms with E-state index in [9.17, 15) is 14.4 Å². The summed E-state index contributed by atoms with van der Waals surface area (Å²) in [5.74, 6) is -0.281. The van der Waals surface area contributed by atoms with Crippen molar-refractivity contribution in [2.24, 2.45) is 34.8 Å². The zero-order chi connectivity index (χ0) is 27.4. The van der Waals surface area contributed by atoms with Crippen molar-refractivity contribution in [3.8, 4) is 0 Å². The zero-order valence-electron chi connectivity index (χ0n) is 23.0. The number of imide groups is 1. The molecule has 0 spiro atoms. The Labute approximate surface area is 223 Å². The summed E-state index contributed by atoms with van der Waals surface area (Å²) in [7, 11) is 1.27. The quantitative estimate of drug-likeness (QED) is 0.462. The van der Waals surface area contributed by atoms with Crippen molar-refractivity contribution < 1.29 is 23.9 Å². The smallest absolute Gasteiger partial charge is 0.417 e. The van der Waals surface area contributed by atoms with Gasteiger partial charge < -0.3 is 15.2 Å². The van der Waals surface area contributed by atoms with Crippen molar-refractivity contribution in [2.75, 3.05) is 13.7 Å². The van der Waals surface area contributed by atoms with Crippen molar-refractivity contribution in [3.05, 3.63) is 29.7 Å². The summed E-state index contributed by atoms with van der Waals surface area (Å²) in [6.07, 6.45) is 6.34. The van der Waals surface area contributed by atoms with Crippen LogP contribution >= 0.6 is 0 Å². The summed E-state index contributed by atoms with van der Waals surface area (Å²) in [4.78, 5) is 45.8. The number of piperidine rings is 1. The Morgan fingerprint density at radius 2 is 1.92 bits per heavy atom. The van der Waals surface area contributed by atoms with Gasteiger partial charge in [0.1, 0.15) is 5.60 Å². The summed E-state index contributed by atoms with van der Waals surface area (Å²) >= 11 is 0. The minimum Gasteiger partial charge on any atom is -0.468 e. The first-order valence-electron chi connectivity index (χ1n) is 13.7. The van der Waals surface area contributed by atoms with Crippen LogP contribution in [0, 0.1) is 29.1 Å². The van der Waals surface area contributed by atoms with Crippen molar-refractivity contribution in [3.63, 3.8) is 0 Å². The molecule has 38 heavy (non-hydrogen) atoms. The van der Waals surface area contributed by atoms with Crippen LogP contribution in [0.25, 0.3) is 5.65 Å². The maximum atomic E-state index is 13.8. The van der Waals surface area contributed by atoms with E-state index < -0.39 is 29.0 Å². The molecule has 2 aliphatic carbocycles. The number of likely N-dealkylation sites (tertiary alicyclic amines) is 1. The minimum absolute atomic E-state index is 0.0228. The number of amides is 2. The third-order valence-corrected chi connectivity index (χ3v) is 8.53. The minimum atomic E-state index is -1.53. The van der Waals surface area contributed by atoms with Gasteiger partial charge in [0.15, 0.2) is 11.1 Å². The molecule has 1 aliphatic heterocycles. The zero-order valence-corrected chi connectivity index (χ0v) is 23.0. The Bertz CT molecular complexity index is 1240. The molecule has 2 N–H and O–H groups in total. The third kappa shape index (κ3) is 4.79. The molecular weight excluding hydrogens is 486 g/mol. The summed E-state index contributed by atoms with van der Waals surface area (Å²) in [5.41, 5.74) is 6.30. The first-order chi connectivity index (χ1) is 17.9. The topological polar surface area (TPSA) is 129 Å². The number of carbonyl (C=O) groups is 3. The van der Waals surface area contributed by atoms with Crippen LogP contribution in [0.1, 0.15) is 77.2 Å². The van der Waals surface area contributed by atoms with E-state index >= 15 is 0 Å². The summed E-state index contributed by atoms with van der Waals surface area (Å²) in [6.45, 7) is 7.75. The average molecular weight is 526 g/mol. The molecule has 2 saturated carbocycles. The van der Waals surface area contributed by atoms with Gasteiger partial charge in [-0.3, -0.25) is 9.59 Å². The lowest BCUT2D eigenvalue weighted by molar-refractivity contribution is -0.167. The molecule has 3 heterocycles. The Hall–Kier alpha value is -3.01. The van der Waals surface area contributed by atoms with Crippen molar-refractivity contribution in [2.45, 2.75) is 77.9 Å². The van der Waals surface area contributed by atoms with Crippen LogP contribution in [0.5, 0.6) is 0 Å². The Morgan fingerprint density at radius 3 is 2.58 bits per heavy atom. The second kappa shape index (κ2) is 9.63. The molecule has 2 aromatic rings. The molecule has 0 radical (unpaired) electrons. The van der Waals surface area contributed by atoms with Gasteiger partial charge in [0.25, 0.3) is 0 Å². The number of aromatic nitrogens is 3. The van der Waals surface area contributed by atoms with Crippen LogP contribution < -0.4 is 5.73 Å². The molecule has 5 rings (SSSR count). The Kier molecular flexibility index (Phi) is 6.74. The van der Waals surface area contributed by atoms with Crippen molar-refractivity contribution >= 4 is 23.6 Å². The Morgan fingerprint density at radius 1 is 1.21 bits per heavy atom. The Balaban J connectivity index is 1.42. The number of esters is 1. The van der Waals surface area contributed by atoms with Crippen LogP contribution in [-0.4, -0.2) is 56.7 Å². The molecule has 3 aliphatic rings. The van der Waals surface area contributed by atoms with E-state index in [-0.39, 0.29) is 30.8 Å². The van der Waals surface area contributed by atoms with E-state index in [0.717, 1.165) is 29.4 Å². The maximum absolute atomic E-state index is 13.8. The van der Waals surface area contributed by atoms with E-state index in [0.29, 0.717) is 23.7 Å². The normalized spacial score (nSPS) is 30.1. The maximum Gasteiger partial charge on any atom is 0.417 e. The molecule has 0 bridgehead atoms. The highest BCUT2D eigenvalue weighted by atomic mass is 16.6. The number of methoxy groups -OCH3 is 1. The van der Waals surface area contributed by atoms with E-state index in [4.69, 9.17) is 25.3 Å². The standard InChI is InChI=1S/C28H39N5O5/c1-16-6-8-17(9-7-16)23(29)21-15-33-22(30-21)11-10-19(31-33)13-28(25(35)37-5)20-12-18(20)14-32(24(28)34)26(36)38-27(2,3)4/h10-11,15-18,20,23H,6-9,12-14,29H2,1-5H3/t16-,17-,18?,20?,23-,28?/m0/s1.